The maximum absolute atomic E-state index is 15.4. The summed E-state index contributed by atoms with van der Waals surface area (Å²) >= 11 is 3.26. The molecule has 2 N–H and O–H groups in total. The molecule has 2 saturated heterocycles. The number of nitrogens with one attached hydrogen (secondary N) is 2. The minimum absolute atomic E-state index is 0.0292. The van der Waals surface area contributed by atoms with E-state index in [-0.39, 0.29) is 86.5 Å². The van der Waals surface area contributed by atoms with Crippen LogP contribution in [-0.2, 0) is 58.8 Å². The summed E-state index contributed by atoms with van der Waals surface area (Å²) < 4.78 is 149. The second kappa shape index (κ2) is 32.7. The van der Waals surface area contributed by atoms with Crippen LogP contribution in [0.2, 0.25) is 0 Å². The molecular formula is C75H89BrF8N8O13. The largest absolute Gasteiger partial charge is 0.471 e. The number of rotatable bonds is 17. The van der Waals surface area contributed by atoms with Gasteiger partial charge in [-0.05, 0) is 163 Å². The summed E-state index contributed by atoms with van der Waals surface area (Å²) in [5.41, 5.74) is -9.95. The Morgan fingerprint density at radius 2 is 1.03 bits per heavy atom. The zero-order valence-electron chi connectivity index (χ0n) is 60.8. The summed E-state index contributed by atoms with van der Waals surface area (Å²) in [5, 5.41) is 5.18. The number of benzene rings is 5. The Labute approximate surface area is 613 Å². The van der Waals surface area contributed by atoms with E-state index in [0.29, 0.717) is 55.4 Å². The van der Waals surface area contributed by atoms with Crippen molar-refractivity contribution in [3.63, 3.8) is 0 Å². The van der Waals surface area contributed by atoms with E-state index in [9.17, 15) is 51.5 Å². The first kappa shape index (κ1) is 81.4. The van der Waals surface area contributed by atoms with E-state index in [0.717, 1.165) is 39.6 Å². The molecule has 0 spiro atoms. The highest BCUT2D eigenvalue weighted by molar-refractivity contribution is 9.10. The SMILES string of the molecule is CC(C)N(C(=O)c1cc2c(cc1C(F)(F)F)OC(C)(c1cc(Br)ccc1F)C(=O)N2CCNC(=O)OCc1ccccc1)[C@@H]1CCCN(C(=O)OC(C)(C)C)C1.CCC(=O)NCCN1C(=O)C(C)(c2ccccc2F)Oc2cc(C(F)(F)F)c(C(=O)N(C(C)C)[C@@H]3CCCN(C(=O)OC(C)(C)C)C3)cc21. The number of hydrogen-bond acceptors (Lipinski definition) is 13. The van der Waals surface area contributed by atoms with Crippen LogP contribution in [0.25, 0.3) is 0 Å². The van der Waals surface area contributed by atoms with E-state index in [4.69, 9.17) is 23.7 Å². The number of likely N-dealkylation sites (tertiary alicyclic amines) is 2. The lowest BCUT2D eigenvalue weighted by molar-refractivity contribution is -0.139. The number of ether oxygens (including phenoxy) is 5. The van der Waals surface area contributed by atoms with E-state index in [2.05, 4.69) is 26.6 Å². The maximum Gasteiger partial charge on any atom is 0.417 e. The summed E-state index contributed by atoms with van der Waals surface area (Å²) in [7, 11) is 0. The molecular weight excluding hydrogens is 1450 g/mol. The second-order valence-electron chi connectivity index (χ2n) is 28.8. The second-order valence-corrected chi connectivity index (χ2v) is 29.7. The van der Waals surface area contributed by atoms with E-state index >= 15 is 22.0 Å². The van der Waals surface area contributed by atoms with Gasteiger partial charge in [-0.3, -0.25) is 24.0 Å². The van der Waals surface area contributed by atoms with Crippen LogP contribution < -0.4 is 29.9 Å². The predicted molar refractivity (Wildman–Crippen MR) is 376 cm³/mol. The molecule has 5 aromatic rings. The molecule has 2 fully saturated rings. The number of carbonyl (C=O) groups excluding carboxylic acids is 8. The Kier molecular flexibility index (Phi) is 25.3. The van der Waals surface area contributed by atoms with Gasteiger partial charge in [0.15, 0.2) is 0 Å². The number of alkyl carbamates (subject to hydrolysis) is 1. The molecule has 4 heterocycles. The van der Waals surface area contributed by atoms with Crippen molar-refractivity contribution in [2.24, 2.45) is 0 Å². The first-order chi connectivity index (χ1) is 49.0. The molecule has 5 aromatic carbocycles. The van der Waals surface area contributed by atoms with Gasteiger partial charge in [0.2, 0.25) is 17.1 Å². The number of piperidine rings is 2. The van der Waals surface area contributed by atoms with Gasteiger partial charge >= 0.3 is 30.6 Å². The normalized spacial score (nSPS) is 19.1. The van der Waals surface area contributed by atoms with Crippen molar-refractivity contribution in [1.82, 2.24) is 30.2 Å². The predicted octanol–water partition coefficient (Wildman–Crippen LogP) is 14.7. The van der Waals surface area contributed by atoms with Gasteiger partial charge in [-0.25, -0.2) is 23.2 Å². The minimum atomic E-state index is -5.07. The fraction of sp³-hybridized carbons (Fsp3) is 0.493. The molecule has 4 aliphatic rings. The third-order valence-electron chi connectivity index (χ3n) is 17.9. The molecule has 0 bridgehead atoms. The molecule has 0 aliphatic carbocycles. The monoisotopic (exact) mass is 1540 g/mol. The molecule has 9 rings (SSSR count). The van der Waals surface area contributed by atoms with Crippen LogP contribution in [0.5, 0.6) is 11.5 Å². The molecule has 2 unspecified atom stereocenters. The molecule has 30 heteroatoms. The lowest BCUT2D eigenvalue weighted by Gasteiger charge is -2.43. The highest BCUT2D eigenvalue weighted by Crippen LogP contribution is 2.50. The average molecular weight is 1540 g/mol. The molecule has 8 amide bonds. The fourth-order valence-corrected chi connectivity index (χ4v) is 13.4. The quantitative estimate of drug-likeness (QED) is 0.0653. The van der Waals surface area contributed by atoms with Gasteiger partial charge < -0.3 is 63.7 Å². The lowest BCUT2D eigenvalue weighted by Crippen LogP contribution is -2.55. The van der Waals surface area contributed by atoms with Crippen molar-refractivity contribution >= 4 is 75.1 Å². The Balaban J connectivity index is 0.000000268. The van der Waals surface area contributed by atoms with Gasteiger partial charge in [0, 0.05) is 86.5 Å². The summed E-state index contributed by atoms with van der Waals surface area (Å²) in [6, 6.07) is 18.7. The molecule has 21 nitrogen and oxygen atoms in total. The summed E-state index contributed by atoms with van der Waals surface area (Å²) in [6.07, 6.45) is -10.2. The number of halogens is 9. The van der Waals surface area contributed by atoms with Crippen LogP contribution in [0.4, 0.5) is 60.9 Å². The molecule has 570 valence electrons. The minimum Gasteiger partial charge on any atom is -0.471 e. The van der Waals surface area contributed by atoms with Crippen molar-refractivity contribution < 1.29 is 97.2 Å². The average Bonchev–Trinajstić information content (AvgIpc) is 0.731. The van der Waals surface area contributed by atoms with E-state index in [1.165, 1.54) is 63.8 Å². The lowest BCUT2D eigenvalue weighted by atomic mass is 9.90. The van der Waals surface area contributed by atoms with Crippen molar-refractivity contribution in [1.29, 1.82) is 0 Å². The van der Waals surface area contributed by atoms with E-state index < -0.39 is 140 Å². The maximum atomic E-state index is 15.4. The zero-order valence-corrected chi connectivity index (χ0v) is 62.4. The van der Waals surface area contributed by atoms with Gasteiger partial charge in [0.25, 0.3) is 23.6 Å². The van der Waals surface area contributed by atoms with Crippen LogP contribution in [0.15, 0.2) is 102 Å². The van der Waals surface area contributed by atoms with Crippen molar-refractivity contribution in [3.8, 4) is 11.5 Å². The molecule has 4 aliphatic heterocycles. The van der Waals surface area contributed by atoms with Crippen LogP contribution in [0, 0.1) is 11.6 Å². The summed E-state index contributed by atoms with van der Waals surface area (Å²) in [6.45, 7) is 21.0. The highest BCUT2D eigenvalue weighted by Gasteiger charge is 2.52. The topological polar surface area (TPSA) is 226 Å². The Bertz CT molecular complexity index is 4060. The van der Waals surface area contributed by atoms with E-state index in [1.807, 2.05) is 6.07 Å². The Hall–Kier alpha value is -9.22. The van der Waals surface area contributed by atoms with Crippen molar-refractivity contribution in [2.45, 2.75) is 188 Å². The van der Waals surface area contributed by atoms with Gasteiger partial charge in [-0.2, -0.15) is 26.3 Å². The third-order valence-corrected chi connectivity index (χ3v) is 18.4. The summed E-state index contributed by atoms with van der Waals surface area (Å²) in [4.78, 5) is 115. The molecule has 105 heavy (non-hydrogen) atoms. The Morgan fingerprint density at radius 3 is 1.46 bits per heavy atom. The Morgan fingerprint density at radius 1 is 0.600 bits per heavy atom. The first-order valence-electron chi connectivity index (χ1n) is 34.5. The molecule has 0 saturated carbocycles. The van der Waals surface area contributed by atoms with Crippen LogP contribution in [0.3, 0.4) is 0 Å². The molecule has 4 atom stereocenters. The number of carbonyl (C=O) groups is 8. The van der Waals surface area contributed by atoms with Crippen molar-refractivity contribution in [3.05, 3.63) is 152 Å². The van der Waals surface area contributed by atoms with Gasteiger partial charge in [0.1, 0.15) is 40.9 Å². The van der Waals surface area contributed by atoms with Crippen LogP contribution in [0.1, 0.15) is 171 Å². The van der Waals surface area contributed by atoms with Gasteiger partial charge in [0.05, 0.1) is 45.7 Å². The summed E-state index contributed by atoms with van der Waals surface area (Å²) in [5.74, 6) is -6.38. The van der Waals surface area contributed by atoms with Crippen LogP contribution in [-0.4, -0.2) is 155 Å². The molecule has 0 radical (unpaired) electrons. The first-order valence-corrected chi connectivity index (χ1v) is 35.3. The van der Waals surface area contributed by atoms with E-state index in [1.54, 1.807) is 100 Å². The number of fused-ring (bicyclic) bond motifs is 2. The number of anilines is 2. The fourth-order valence-electron chi connectivity index (χ4n) is 13.0. The van der Waals surface area contributed by atoms with Crippen LogP contribution >= 0.6 is 15.9 Å². The number of alkyl halides is 6. The standard InChI is InChI=1S/C40H45BrF4N4O7.C35H44F4N4O6/c1-24(2)49(27-13-10-17-47(22-27)37(53)56-38(3,4)5)34(50)28-20-32-33(21-29(28)40(43,44)45)55-39(6,30-19-26(41)14-15-31(30)42)35(51)48(32)18-16-46-36(52)54-23-25-11-8-7-9-12-25;1-8-29(44)40-15-17-42-27-18-23(30(45)43(21(2)3)22-12-11-16-41(20-22)32(47)49-33(4,5)6)25(35(37,38)39)19-28(27)48-34(7,31(42)46)24-13-9-10-14-26(24)36/h7-9,11-12,14-15,19-21,24,27H,10,13,16-18,22-23H2,1-6H3,(H,46,52);9-10,13-14,18-19,21-22H,8,11-12,15-17,20H2,1-7H3,(H,40,44)/t27-,39?;22-,34?/m11/s1. The van der Waals surface area contributed by atoms with Gasteiger partial charge in [-0.1, -0.05) is 71.4 Å². The molecule has 0 aromatic heterocycles. The smallest absolute Gasteiger partial charge is 0.417 e. The third kappa shape index (κ3) is 19.3. The number of nitrogens with zero attached hydrogens (tertiary/aromatic N) is 6. The number of amides is 8. The van der Waals surface area contributed by atoms with Gasteiger partial charge in [-0.15, -0.1) is 0 Å². The zero-order chi connectivity index (χ0) is 77.6. The number of hydrogen-bond donors (Lipinski definition) is 2. The highest BCUT2D eigenvalue weighted by atomic mass is 79.9. The van der Waals surface area contributed by atoms with Crippen molar-refractivity contribution in [2.75, 3.05) is 62.2 Å².